The summed E-state index contributed by atoms with van der Waals surface area (Å²) in [7, 11) is 0. The number of hydrogen-bond acceptors (Lipinski definition) is 1. The molecule has 0 fully saturated rings. The van der Waals surface area contributed by atoms with Crippen molar-refractivity contribution in [3.8, 4) is 0 Å². The highest BCUT2D eigenvalue weighted by Gasteiger charge is 1.94. The van der Waals surface area contributed by atoms with E-state index in [1.807, 2.05) is 0 Å². The second kappa shape index (κ2) is 4.27. The Morgan fingerprint density at radius 3 is 2.50 bits per heavy atom. The van der Waals surface area contributed by atoms with Crippen LogP contribution in [0.25, 0.3) is 0 Å². The van der Waals surface area contributed by atoms with Crippen molar-refractivity contribution < 1.29 is 0 Å². The molecule has 1 N–H and O–H groups in total. The van der Waals surface area contributed by atoms with Gasteiger partial charge in [-0.25, -0.2) is 0 Å². The van der Waals surface area contributed by atoms with Gasteiger partial charge in [0.15, 0.2) is 0 Å². The summed E-state index contributed by atoms with van der Waals surface area (Å²) >= 11 is 0. The van der Waals surface area contributed by atoms with E-state index in [2.05, 4.69) is 44.3 Å². The molecule has 0 bridgehead atoms. The number of benzene rings is 1. The van der Waals surface area contributed by atoms with E-state index in [-0.39, 0.29) is 0 Å². The number of hydrogen-bond donors (Lipinski definition) is 1. The van der Waals surface area contributed by atoms with Gasteiger partial charge in [-0.15, -0.1) is 0 Å². The van der Waals surface area contributed by atoms with Crippen LogP contribution in [0.3, 0.4) is 0 Å². The van der Waals surface area contributed by atoms with Crippen molar-refractivity contribution >= 4 is 0 Å². The van der Waals surface area contributed by atoms with Gasteiger partial charge in [0.1, 0.15) is 0 Å². The third-order valence-corrected chi connectivity index (χ3v) is 2.15. The first-order chi connectivity index (χ1) is 5.74. The molecule has 0 saturated carbocycles. The van der Waals surface area contributed by atoms with Crippen molar-refractivity contribution in [3.05, 3.63) is 34.9 Å². The van der Waals surface area contributed by atoms with Crippen molar-refractivity contribution in [1.29, 1.82) is 0 Å². The summed E-state index contributed by atoms with van der Waals surface area (Å²) in [5.74, 6) is 0. The summed E-state index contributed by atoms with van der Waals surface area (Å²) in [6.07, 6.45) is 0. The average Bonchev–Trinajstić information content (AvgIpc) is 2.07. The Hall–Kier alpha value is -0.820. The maximum Gasteiger partial charge on any atom is 0.0205 e. The summed E-state index contributed by atoms with van der Waals surface area (Å²) in [5.41, 5.74) is 4.13. The Balaban J connectivity index is 2.69. The van der Waals surface area contributed by atoms with Gasteiger partial charge < -0.3 is 5.32 Å². The van der Waals surface area contributed by atoms with Gasteiger partial charge in [-0.2, -0.15) is 0 Å². The molecule has 1 aromatic rings. The topological polar surface area (TPSA) is 12.0 Å². The van der Waals surface area contributed by atoms with Crippen molar-refractivity contribution in [2.24, 2.45) is 0 Å². The maximum atomic E-state index is 3.31. The van der Waals surface area contributed by atoms with Crippen LogP contribution in [-0.2, 0) is 6.54 Å². The summed E-state index contributed by atoms with van der Waals surface area (Å²) in [6.45, 7) is 8.45. The molecule has 0 amide bonds. The minimum Gasteiger partial charge on any atom is -0.313 e. The van der Waals surface area contributed by atoms with Gasteiger partial charge in [0.25, 0.3) is 0 Å². The van der Waals surface area contributed by atoms with Gasteiger partial charge >= 0.3 is 0 Å². The summed E-state index contributed by atoms with van der Waals surface area (Å²) < 4.78 is 0. The van der Waals surface area contributed by atoms with E-state index in [1.165, 1.54) is 16.7 Å². The molecule has 0 aliphatic carbocycles. The fraction of sp³-hybridized carbons (Fsp3) is 0.455. The summed E-state index contributed by atoms with van der Waals surface area (Å²) in [6, 6.07) is 6.62. The van der Waals surface area contributed by atoms with Crippen LogP contribution in [0.5, 0.6) is 0 Å². The largest absolute Gasteiger partial charge is 0.313 e. The van der Waals surface area contributed by atoms with E-state index < -0.39 is 0 Å². The van der Waals surface area contributed by atoms with E-state index in [9.17, 15) is 0 Å². The molecule has 0 aromatic heterocycles. The van der Waals surface area contributed by atoms with Gasteiger partial charge in [0, 0.05) is 6.54 Å². The van der Waals surface area contributed by atoms with Crippen molar-refractivity contribution in [3.63, 3.8) is 0 Å². The quantitative estimate of drug-likeness (QED) is 0.721. The van der Waals surface area contributed by atoms with E-state index in [0.29, 0.717) is 0 Å². The van der Waals surface area contributed by atoms with Crippen LogP contribution in [0, 0.1) is 13.8 Å². The zero-order chi connectivity index (χ0) is 8.97. The summed E-state index contributed by atoms with van der Waals surface area (Å²) in [4.78, 5) is 0. The lowest BCUT2D eigenvalue weighted by Gasteiger charge is -2.05. The van der Waals surface area contributed by atoms with Crippen molar-refractivity contribution in [2.45, 2.75) is 27.3 Å². The zero-order valence-corrected chi connectivity index (χ0v) is 8.15. The average molecular weight is 163 g/mol. The van der Waals surface area contributed by atoms with Gasteiger partial charge in [-0.3, -0.25) is 0 Å². The fourth-order valence-corrected chi connectivity index (χ4v) is 1.18. The molecule has 1 nitrogen and oxygen atoms in total. The van der Waals surface area contributed by atoms with Crippen LogP contribution < -0.4 is 5.32 Å². The predicted octanol–water partition coefficient (Wildman–Crippen LogP) is 2.41. The SMILES string of the molecule is CCNCc1ccc(C)c(C)c1. The molecule has 0 radical (unpaired) electrons. The second-order valence-electron chi connectivity index (χ2n) is 3.20. The van der Waals surface area contributed by atoms with E-state index >= 15 is 0 Å². The lowest BCUT2D eigenvalue weighted by atomic mass is 10.1. The lowest BCUT2D eigenvalue weighted by Crippen LogP contribution is -2.11. The minimum atomic E-state index is 0.984. The van der Waals surface area contributed by atoms with E-state index in [4.69, 9.17) is 0 Å². The Morgan fingerprint density at radius 1 is 1.17 bits per heavy atom. The molecule has 66 valence electrons. The molecule has 1 aromatic carbocycles. The molecule has 1 rings (SSSR count). The Kier molecular flexibility index (Phi) is 3.30. The first-order valence-electron chi connectivity index (χ1n) is 4.51. The van der Waals surface area contributed by atoms with Gasteiger partial charge in [0.05, 0.1) is 0 Å². The molecular formula is C11H17N. The molecular weight excluding hydrogens is 146 g/mol. The molecule has 0 aliphatic rings. The minimum absolute atomic E-state index is 0.984. The van der Waals surface area contributed by atoms with Crippen LogP contribution in [0.1, 0.15) is 23.6 Å². The molecule has 0 aliphatic heterocycles. The smallest absolute Gasteiger partial charge is 0.0205 e. The first kappa shape index (κ1) is 9.27. The Bertz CT molecular complexity index is 253. The van der Waals surface area contributed by atoms with Gasteiger partial charge in [-0.1, -0.05) is 25.1 Å². The Labute approximate surface area is 74.8 Å². The van der Waals surface area contributed by atoms with Crippen LogP contribution in [-0.4, -0.2) is 6.54 Å². The highest BCUT2D eigenvalue weighted by molar-refractivity contribution is 5.29. The molecule has 1 heteroatoms. The maximum absolute atomic E-state index is 3.31. The molecule has 0 heterocycles. The molecule has 0 saturated heterocycles. The van der Waals surface area contributed by atoms with Gasteiger partial charge in [0.2, 0.25) is 0 Å². The van der Waals surface area contributed by atoms with Crippen molar-refractivity contribution in [1.82, 2.24) is 5.32 Å². The number of nitrogens with one attached hydrogen (secondary N) is 1. The Morgan fingerprint density at radius 2 is 1.92 bits per heavy atom. The molecule has 12 heavy (non-hydrogen) atoms. The standard InChI is InChI=1S/C11H17N/c1-4-12-8-11-6-5-9(2)10(3)7-11/h5-7,12H,4,8H2,1-3H3. The number of rotatable bonds is 3. The van der Waals surface area contributed by atoms with E-state index in [0.717, 1.165) is 13.1 Å². The lowest BCUT2D eigenvalue weighted by molar-refractivity contribution is 0.726. The number of aryl methyl sites for hydroxylation is 2. The summed E-state index contributed by atoms with van der Waals surface area (Å²) in [5, 5.41) is 3.31. The molecule has 0 atom stereocenters. The highest BCUT2D eigenvalue weighted by Crippen LogP contribution is 2.09. The third-order valence-electron chi connectivity index (χ3n) is 2.15. The van der Waals surface area contributed by atoms with Crippen LogP contribution in [0.4, 0.5) is 0 Å². The van der Waals surface area contributed by atoms with Crippen LogP contribution >= 0.6 is 0 Å². The monoisotopic (exact) mass is 163 g/mol. The highest BCUT2D eigenvalue weighted by atomic mass is 14.8. The predicted molar refractivity (Wildman–Crippen MR) is 53.3 cm³/mol. The third kappa shape index (κ3) is 2.35. The van der Waals surface area contributed by atoms with Gasteiger partial charge in [-0.05, 0) is 37.1 Å². The van der Waals surface area contributed by atoms with Crippen molar-refractivity contribution in [2.75, 3.05) is 6.54 Å². The zero-order valence-electron chi connectivity index (χ0n) is 8.15. The van der Waals surface area contributed by atoms with E-state index in [1.54, 1.807) is 0 Å². The second-order valence-corrected chi connectivity index (χ2v) is 3.20. The normalized spacial score (nSPS) is 10.2. The fourth-order valence-electron chi connectivity index (χ4n) is 1.18. The van der Waals surface area contributed by atoms with Crippen LogP contribution in [0.2, 0.25) is 0 Å². The molecule has 0 spiro atoms. The molecule has 0 unspecified atom stereocenters. The van der Waals surface area contributed by atoms with Crippen LogP contribution in [0.15, 0.2) is 18.2 Å². The first-order valence-corrected chi connectivity index (χ1v) is 4.51.